The molecule has 0 aliphatic carbocycles. The number of halogens is 2. The number of para-hydroxylation sites is 1. The normalized spacial score (nSPS) is 12.2. The second-order valence-corrected chi connectivity index (χ2v) is 14.1. The summed E-state index contributed by atoms with van der Waals surface area (Å²) in [5.74, 6) is -1.61. The molecule has 0 unspecified atom stereocenters. The van der Waals surface area contributed by atoms with E-state index in [1.54, 1.807) is 42.5 Å². The van der Waals surface area contributed by atoms with Crippen molar-refractivity contribution in [3.8, 4) is 16.1 Å². The van der Waals surface area contributed by atoms with Crippen LogP contribution in [0.4, 0.5) is 14.5 Å². The van der Waals surface area contributed by atoms with Gasteiger partial charge in [0.15, 0.2) is 0 Å². The van der Waals surface area contributed by atoms with Crippen molar-refractivity contribution in [2.75, 3.05) is 12.4 Å². The molecule has 0 aliphatic rings. The summed E-state index contributed by atoms with van der Waals surface area (Å²) < 4.78 is 32.5. The van der Waals surface area contributed by atoms with E-state index in [4.69, 9.17) is 5.73 Å². The van der Waals surface area contributed by atoms with Gasteiger partial charge in [0.05, 0.1) is 23.7 Å². The lowest BCUT2D eigenvalue weighted by Gasteiger charge is -2.18. The van der Waals surface area contributed by atoms with Crippen LogP contribution in [0.25, 0.3) is 26.3 Å². The number of hydrogen-bond acceptors (Lipinski definition) is 6. The summed E-state index contributed by atoms with van der Waals surface area (Å²) in [6, 6.07) is 28.5. The van der Waals surface area contributed by atoms with Gasteiger partial charge in [-0.1, -0.05) is 80.6 Å². The number of aromatic nitrogens is 2. The second-order valence-electron chi connectivity index (χ2n) is 13.1. The van der Waals surface area contributed by atoms with Gasteiger partial charge in [0.2, 0.25) is 5.91 Å². The molecular formula is C40H39F2N5O3S. The number of nitrogens with two attached hydrogens (primary N) is 1. The minimum Gasteiger partial charge on any atom is -0.325 e. The molecule has 6 aromatic rings. The lowest BCUT2D eigenvalue weighted by molar-refractivity contribution is -0.117. The van der Waals surface area contributed by atoms with Crippen molar-refractivity contribution in [2.24, 2.45) is 11.7 Å². The average molecular weight is 708 g/mol. The highest BCUT2D eigenvalue weighted by molar-refractivity contribution is 7.22. The van der Waals surface area contributed by atoms with Crippen LogP contribution in [0.5, 0.6) is 0 Å². The van der Waals surface area contributed by atoms with Crippen LogP contribution in [0.2, 0.25) is 0 Å². The molecule has 2 aromatic heterocycles. The summed E-state index contributed by atoms with van der Waals surface area (Å²) in [6.07, 6.45) is 0.546. The molecule has 0 aliphatic heterocycles. The molecule has 6 rings (SSSR count). The van der Waals surface area contributed by atoms with Crippen LogP contribution in [-0.2, 0) is 24.4 Å². The number of carbonyl (C=O) groups is 1. The lowest BCUT2D eigenvalue weighted by Crippen LogP contribution is -2.39. The Labute approximate surface area is 298 Å². The number of anilines is 1. The molecule has 1 amide bonds. The number of thiophene rings is 1. The number of amides is 1. The minimum atomic E-state index is -0.794. The minimum absolute atomic E-state index is 0.262. The fourth-order valence-corrected chi connectivity index (χ4v) is 7.52. The van der Waals surface area contributed by atoms with Gasteiger partial charge in [-0.3, -0.25) is 19.1 Å². The third-order valence-electron chi connectivity index (χ3n) is 8.67. The summed E-state index contributed by atoms with van der Waals surface area (Å²) in [5.41, 5.74) is 7.95. The fraction of sp³-hybridized carbons (Fsp3) is 0.225. The number of carbonyl (C=O) groups excluding carboxylic acids is 1. The number of benzene rings is 4. The highest BCUT2D eigenvalue weighted by Crippen LogP contribution is 2.39. The molecule has 2 heterocycles. The molecule has 3 N–H and O–H groups in total. The zero-order valence-electron chi connectivity index (χ0n) is 28.6. The molecule has 11 heteroatoms. The van der Waals surface area contributed by atoms with E-state index < -0.39 is 35.5 Å². The van der Waals surface area contributed by atoms with Gasteiger partial charge in [-0.25, -0.2) is 18.1 Å². The number of hydrogen-bond donors (Lipinski definition) is 2. The van der Waals surface area contributed by atoms with E-state index in [1.165, 1.54) is 22.0 Å². The zero-order valence-corrected chi connectivity index (χ0v) is 29.4. The van der Waals surface area contributed by atoms with Crippen molar-refractivity contribution in [2.45, 2.75) is 45.9 Å². The third kappa shape index (κ3) is 7.75. The quantitative estimate of drug-likeness (QED) is 0.141. The predicted molar refractivity (Wildman–Crippen MR) is 200 cm³/mol. The van der Waals surface area contributed by atoms with Crippen molar-refractivity contribution >= 4 is 33.1 Å². The van der Waals surface area contributed by atoms with Gasteiger partial charge in [-0.15, -0.1) is 11.3 Å². The largest absolute Gasteiger partial charge is 0.337 e. The van der Waals surface area contributed by atoms with E-state index in [2.05, 4.69) is 10.2 Å². The van der Waals surface area contributed by atoms with Crippen LogP contribution in [0, 0.1) is 17.6 Å². The SMILES string of the molecule is CC(C)C[C@H](N)C(=O)Nc1ccc(-c2sc3c(c2CN(C)Cc2ccccc2)c(=O)n(-c2ccccc2)c(=O)n3Cc2c(F)cccc2F)cc1. The molecule has 0 fully saturated rings. The summed E-state index contributed by atoms with van der Waals surface area (Å²) in [5, 5.41) is 3.16. The second kappa shape index (κ2) is 15.3. The molecular weight excluding hydrogens is 669 g/mol. The van der Waals surface area contributed by atoms with Gasteiger partial charge in [-0.2, -0.15) is 0 Å². The maximum Gasteiger partial charge on any atom is 0.337 e. The van der Waals surface area contributed by atoms with E-state index in [9.17, 15) is 14.4 Å². The van der Waals surface area contributed by atoms with Crippen LogP contribution in [0.3, 0.4) is 0 Å². The Morgan fingerprint density at radius 1 is 0.843 bits per heavy atom. The summed E-state index contributed by atoms with van der Waals surface area (Å²) in [7, 11) is 1.94. The predicted octanol–water partition coefficient (Wildman–Crippen LogP) is 7.15. The first kappa shape index (κ1) is 35.6. The number of fused-ring (bicyclic) bond motifs is 1. The monoisotopic (exact) mass is 707 g/mol. The van der Waals surface area contributed by atoms with E-state index in [0.29, 0.717) is 46.2 Å². The van der Waals surface area contributed by atoms with Crippen molar-refractivity contribution in [3.63, 3.8) is 0 Å². The molecule has 262 valence electrons. The van der Waals surface area contributed by atoms with Gasteiger partial charge in [0, 0.05) is 29.2 Å². The Kier molecular flexibility index (Phi) is 10.7. The van der Waals surface area contributed by atoms with Crippen LogP contribution in [0.15, 0.2) is 113 Å². The Hall–Kier alpha value is -5.23. The van der Waals surface area contributed by atoms with Crippen molar-refractivity contribution in [1.29, 1.82) is 0 Å². The van der Waals surface area contributed by atoms with Crippen LogP contribution in [0.1, 0.15) is 37.0 Å². The number of nitrogens with one attached hydrogen (secondary N) is 1. The third-order valence-corrected chi connectivity index (χ3v) is 9.97. The molecule has 0 spiro atoms. The molecule has 0 bridgehead atoms. The Balaban J connectivity index is 1.54. The summed E-state index contributed by atoms with van der Waals surface area (Å²) in [4.78, 5) is 44.6. The first-order chi connectivity index (χ1) is 24.5. The standard InChI is InChI=1S/C40H39F2N5O3S/c1-25(2)21-34(43)37(48)44-28-19-17-27(18-20-28)36-31(23-45(3)22-26-11-6-4-7-12-26)35-38(49)47(29-13-8-5-9-14-29)40(50)46(39(35)51-36)24-30-32(41)15-10-16-33(30)42/h4-20,25,34H,21-24,43H2,1-3H3,(H,44,48)/t34-/m0/s1. The Morgan fingerprint density at radius 3 is 2.10 bits per heavy atom. The van der Waals surface area contributed by atoms with Gasteiger partial charge < -0.3 is 11.1 Å². The number of nitrogens with zero attached hydrogens (tertiary/aromatic N) is 3. The van der Waals surface area contributed by atoms with E-state index in [-0.39, 0.29) is 22.8 Å². The lowest BCUT2D eigenvalue weighted by atomic mass is 10.0. The van der Waals surface area contributed by atoms with Crippen molar-refractivity contribution in [1.82, 2.24) is 14.0 Å². The van der Waals surface area contributed by atoms with E-state index in [1.807, 2.05) is 63.4 Å². The molecule has 4 aromatic carbocycles. The smallest absolute Gasteiger partial charge is 0.325 e. The van der Waals surface area contributed by atoms with Crippen LogP contribution >= 0.6 is 11.3 Å². The first-order valence-corrected chi connectivity index (χ1v) is 17.5. The molecule has 0 radical (unpaired) electrons. The molecule has 0 saturated heterocycles. The van der Waals surface area contributed by atoms with Crippen LogP contribution in [-0.4, -0.2) is 33.0 Å². The van der Waals surface area contributed by atoms with Gasteiger partial charge >= 0.3 is 5.69 Å². The highest BCUT2D eigenvalue weighted by atomic mass is 32.1. The maximum atomic E-state index is 15.1. The number of rotatable bonds is 12. The Morgan fingerprint density at radius 2 is 1.47 bits per heavy atom. The first-order valence-electron chi connectivity index (χ1n) is 16.7. The average Bonchev–Trinajstić information content (AvgIpc) is 3.47. The summed E-state index contributed by atoms with van der Waals surface area (Å²) >= 11 is 1.22. The van der Waals surface area contributed by atoms with Crippen LogP contribution < -0.4 is 22.3 Å². The maximum absolute atomic E-state index is 15.1. The van der Waals surface area contributed by atoms with Crippen molar-refractivity contribution in [3.05, 3.63) is 152 Å². The highest BCUT2D eigenvalue weighted by Gasteiger charge is 2.26. The van der Waals surface area contributed by atoms with Gasteiger partial charge in [0.25, 0.3) is 5.56 Å². The van der Waals surface area contributed by atoms with Crippen molar-refractivity contribution < 1.29 is 13.6 Å². The molecule has 8 nitrogen and oxygen atoms in total. The van der Waals surface area contributed by atoms with E-state index >= 15 is 8.78 Å². The fourth-order valence-electron chi connectivity index (χ4n) is 6.21. The molecule has 51 heavy (non-hydrogen) atoms. The van der Waals surface area contributed by atoms with Gasteiger partial charge in [0.1, 0.15) is 16.5 Å². The summed E-state index contributed by atoms with van der Waals surface area (Å²) in [6.45, 7) is 4.47. The topological polar surface area (TPSA) is 102 Å². The van der Waals surface area contributed by atoms with Gasteiger partial charge in [-0.05, 0) is 72.5 Å². The Bertz CT molecular complexity index is 2260. The zero-order chi connectivity index (χ0) is 36.2. The molecule has 0 saturated carbocycles. The van der Waals surface area contributed by atoms with E-state index in [0.717, 1.165) is 27.8 Å². The molecule has 1 atom stereocenters.